The van der Waals surface area contributed by atoms with E-state index in [4.69, 9.17) is 0 Å². The normalized spacial score (nSPS) is 17.9. The Morgan fingerprint density at radius 1 is 1.21 bits per heavy atom. The Balaban J connectivity index is 1.60. The van der Waals surface area contributed by atoms with Crippen LogP contribution in [0.5, 0.6) is 5.75 Å². The van der Waals surface area contributed by atoms with Crippen LogP contribution in [0, 0.1) is 0 Å². The summed E-state index contributed by atoms with van der Waals surface area (Å²) in [6.07, 6.45) is -4.95. The summed E-state index contributed by atoms with van der Waals surface area (Å²) in [5, 5.41) is 9.66. The molecule has 0 spiro atoms. The first-order valence-corrected chi connectivity index (χ1v) is 11.2. The maximum atomic E-state index is 13.0. The monoisotopic (exact) mass is 506 g/mol. The van der Waals surface area contributed by atoms with Crippen LogP contribution in [-0.2, 0) is 14.8 Å². The van der Waals surface area contributed by atoms with Crippen LogP contribution < -0.4 is 15.2 Å². The first-order chi connectivity index (χ1) is 15.5. The lowest BCUT2D eigenvalue weighted by Gasteiger charge is -2.38. The van der Waals surface area contributed by atoms with E-state index in [2.05, 4.69) is 23.5 Å². The van der Waals surface area contributed by atoms with Crippen molar-refractivity contribution >= 4 is 44.8 Å². The Hall–Kier alpha value is -3.31. The summed E-state index contributed by atoms with van der Waals surface area (Å²) in [7, 11) is -4.40. The van der Waals surface area contributed by atoms with Gasteiger partial charge in [0.25, 0.3) is 5.56 Å². The van der Waals surface area contributed by atoms with Gasteiger partial charge in [-0.25, -0.2) is 13.4 Å². The number of H-pyrrole nitrogens is 1. The van der Waals surface area contributed by atoms with E-state index in [1.54, 1.807) is 0 Å². The van der Waals surface area contributed by atoms with Gasteiger partial charge in [-0.3, -0.25) is 14.6 Å². The number of carboxylic acid groups (broad SMARTS) is 1. The smallest absolute Gasteiger partial charge is 0.480 e. The summed E-state index contributed by atoms with van der Waals surface area (Å²) in [5.74, 6) is -2.24. The molecule has 33 heavy (non-hydrogen) atoms. The first-order valence-electron chi connectivity index (χ1n) is 9.04. The van der Waals surface area contributed by atoms with Crippen LogP contribution in [0.25, 0.3) is 11.3 Å². The molecule has 12 nitrogen and oxygen atoms in total. The summed E-state index contributed by atoms with van der Waals surface area (Å²) < 4.78 is 75.2. The van der Waals surface area contributed by atoms with Gasteiger partial charge < -0.3 is 14.7 Å². The number of halogens is 3. The number of aliphatic carboxylic acids is 1. The average molecular weight is 506 g/mol. The van der Waals surface area contributed by atoms with Crippen molar-refractivity contribution in [3.05, 3.63) is 34.6 Å². The lowest BCUT2D eigenvalue weighted by molar-refractivity contribution is -0.274. The van der Waals surface area contributed by atoms with Crippen molar-refractivity contribution in [2.75, 3.05) is 24.5 Å². The van der Waals surface area contributed by atoms with E-state index >= 15 is 0 Å². The number of rotatable bonds is 5. The Morgan fingerprint density at radius 3 is 2.55 bits per heavy atom. The highest BCUT2D eigenvalue weighted by Crippen LogP contribution is 2.27. The molecule has 0 bridgehead atoms. The highest BCUT2D eigenvalue weighted by atomic mass is 32.2. The minimum atomic E-state index is -4.95. The molecule has 2 aromatic heterocycles. The molecule has 0 unspecified atom stereocenters. The number of alkyl halides is 3. The van der Waals surface area contributed by atoms with E-state index in [-0.39, 0.29) is 30.2 Å². The second-order valence-corrected chi connectivity index (χ2v) is 9.18. The van der Waals surface area contributed by atoms with Gasteiger partial charge in [-0.1, -0.05) is 0 Å². The van der Waals surface area contributed by atoms with E-state index in [0.717, 1.165) is 36.0 Å². The summed E-state index contributed by atoms with van der Waals surface area (Å²) in [6.45, 7) is -0.797. The summed E-state index contributed by atoms with van der Waals surface area (Å²) >= 11 is 0.823. The van der Waals surface area contributed by atoms with Gasteiger partial charge in [-0.15, -0.1) is 13.2 Å². The third-order valence-electron chi connectivity index (χ3n) is 4.70. The molecular weight excluding hydrogens is 493 g/mol. The van der Waals surface area contributed by atoms with E-state index in [1.807, 2.05) is 0 Å². The molecule has 1 aromatic carbocycles. The Labute approximate surface area is 186 Å². The number of hydrogen-bond acceptors (Lipinski definition) is 10. The van der Waals surface area contributed by atoms with E-state index in [0.29, 0.717) is 4.31 Å². The van der Waals surface area contributed by atoms with Crippen LogP contribution in [-0.4, -0.2) is 74.6 Å². The maximum absolute atomic E-state index is 13.0. The lowest BCUT2D eigenvalue weighted by Crippen LogP contribution is -2.59. The number of carbonyl (C=O) groups is 1. The van der Waals surface area contributed by atoms with Crippen LogP contribution >= 0.6 is 11.7 Å². The highest BCUT2D eigenvalue weighted by Gasteiger charge is 2.41. The van der Waals surface area contributed by atoms with Gasteiger partial charge in [0.15, 0.2) is 11.5 Å². The SMILES string of the molecule is O=C(O)[C@H]1CN(c2nc3nsnc3[nH]c2=O)CCN1S(=O)(=O)c1ccc(OC(F)(F)F)cc1. The lowest BCUT2D eigenvalue weighted by atomic mass is 10.2. The fourth-order valence-corrected chi connectivity index (χ4v) is 5.28. The molecule has 1 aliphatic rings. The number of carboxylic acids is 1. The van der Waals surface area contributed by atoms with Crippen molar-refractivity contribution in [2.24, 2.45) is 0 Å². The van der Waals surface area contributed by atoms with Crippen LogP contribution in [0.3, 0.4) is 0 Å². The molecule has 1 fully saturated rings. The van der Waals surface area contributed by atoms with Crippen LogP contribution in [0.15, 0.2) is 34.0 Å². The number of piperazine rings is 1. The van der Waals surface area contributed by atoms with Gasteiger partial charge in [0.2, 0.25) is 15.7 Å². The molecule has 3 heterocycles. The minimum Gasteiger partial charge on any atom is -0.480 e. The molecule has 1 atom stereocenters. The zero-order chi connectivity index (χ0) is 24.0. The van der Waals surface area contributed by atoms with Crippen molar-refractivity contribution < 1.29 is 36.2 Å². The van der Waals surface area contributed by atoms with E-state index in [1.165, 1.54) is 4.90 Å². The predicted molar refractivity (Wildman–Crippen MR) is 106 cm³/mol. The molecule has 4 rings (SSSR count). The van der Waals surface area contributed by atoms with Crippen molar-refractivity contribution in [2.45, 2.75) is 17.3 Å². The topological polar surface area (TPSA) is 159 Å². The number of ether oxygens (including phenoxy) is 1. The van der Waals surface area contributed by atoms with Gasteiger partial charge in [0.1, 0.15) is 11.8 Å². The number of aromatic amines is 1. The van der Waals surface area contributed by atoms with E-state index < -0.39 is 51.1 Å². The summed E-state index contributed by atoms with van der Waals surface area (Å²) in [5.41, 5.74) is -0.323. The maximum Gasteiger partial charge on any atom is 0.573 e. The number of hydrogen-bond donors (Lipinski definition) is 2. The van der Waals surface area contributed by atoms with Crippen molar-refractivity contribution in [3.63, 3.8) is 0 Å². The van der Waals surface area contributed by atoms with Gasteiger partial charge in [0, 0.05) is 19.6 Å². The van der Waals surface area contributed by atoms with Crippen LogP contribution in [0.2, 0.25) is 0 Å². The number of benzene rings is 1. The zero-order valence-electron chi connectivity index (χ0n) is 16.2. The number of fused-ring (bicyclic) bond motifs is 1. The highest BCUT2D eigenvalue weighted by molar-refractivity contribution is 7.89. The molecule has 1 aliphatic heterocycles. The third-order valence-corrected chi connectivity index (χ3v) is 7.14. The fraction of sp³-hybridized carbons (Fsp3) is 0.312. The van der Waals surface area contributed by atoms with Crippen LogP contribution in [0.1, 0.15) is 0 Å². The molecule has 0 radical (unpaired) electrons. The average Bonchev–Trinajstić information content (AvgIpc) is 3.19. The molecule has 3 aromatic rings. The second-order valence-electron chi connectivity index (χ2n) is 6.76. The number of nitrogens with zero attached hydrogens (tertiary/aromatic N) is 5. The number of nitrogens with one attached hydrogen (secondary N) is 1. The molecule has 0 saturated carbocycles. The fourth-order valence-electron chi connectivity index (χ4n) is 3.26. The Bertz CT molecular complexity index is 1360. The van der Waals surface area contributed by atoms with Gasteiger partial charge in [-0.05, 0) is 24.3 Å². The number of anilines is 1. The van der Waals surface area contributed by atoms with Crippen LogP contribution in [0.4, 0.5) is 19.0 Å². The standard InChI is InChI=1S/C16H13F3N6O6S2/c17-16(18,19)31-8-1-3-9(4-2-8)33(29,30)25-6-5-24(7-10(25)15(27)28)13-14(26)21-12-11(20-13)22-32-23-12/h1-4,10H,5-7H2,(H,27,28)(H,21,23,26)/t10-/m1/s1. The Kier molecular flexibility index (Phi) is 5.71. The van der Waals surface area contributed by atoms with Gasteiger partial charge in [0.05, 0.1) is 16.6 Å². The second kappa shape index (κ2) is 8.23. The minimum absolute atomic E-state index is 0.0720. The summed E-state index contributed by atoms with van der Waals surface area (Å²) in [6, 6.07) is 1.80. The summed E-state index contributed by atoms with van der Waals surface area (Å²) in [4.78, 5) is 31.7. The predicted octanol–water partition coefficient (Wildman–Crippen LogP) is 0.637. The third kappa shape index (κ3) is 4.60. The van der Waals surface area contributed by atoms with Gasteiger partial charge in [-0.2, -0.15) is 13.1 Å². The quantitative estimate of drug-likeness (QED) is 0.503. The first kappa shape index (κ1) is 22.9. The molecular formula is C16H13F3N6O6S2. The molecule has 176 valence electrons. The Morgan fingerprint density at radius 2 is 1.91 bits per heavy atom. The molecule has 0 aliphatic carbocycles. The molecule has 0 amide bonds. The molecule has 2 N–H and O–H groups in total. The van der Waals surface area contributed by atoms with Crippen molar-refractivity contribution in [1.82, 2.24) is 23.0 Å². The molecule has 17 heteroatoms. The number of aromatic nitrogens is 4. The van der Waals surface area contributed by atoms with Crippen molar-refractivity contribution in [3.8, 4) is 5.75 Å². The zero-order valence-corrected chi connectivity index (χ0v) is 17.8. The molecule has 1 saturated heterocycles. The van der Waals surface area contributed by atoms with Gasteiger partial charge >= 0.3 is 12.3 Å². The van der Waals surface area contributed by atoms with E-state index in [9.17, 15) is 36.3 Å². The number of sulfonamides is 1. The largest absolute Gasteiger partial charge is 0.573 e. The van der Waals surface area contributed by atoms with Crippen molar-refractivity contribution in [1.29, 1.82) is 0 Å².